The van der Waals surface area contributed by atoms with Crippen LogP contribution in [0, 0.1) is 5.41 Å². The Morgan fingerprint density at radius 1 is 0.918 bits per heavy atom. The number of nitrogens with zero attached hydrogens (tertiary/aromatic N) is 7. The number of aromatic amines is 1. The first kappa shape index (κ1) is 32.4. The molecule has 2 amide bonds. The van der Waals surface area contributed by atoms with Gasteiger partial charge in [-0.3, -0.25) is 24.6 Å². The number of methoxy groups -OCH3 is 1. The number of aromatic nitrogens is 5. The van der Waals surface area contributed by atoms with Crippen LogP contribution in [0.1, 0.15) is 19.3 Å². The first-order chi connectivity index (χ1) is 24.0. The number of hydrogen-bond acceptors (Lipinski definition) is 9. The van der Waals surface area contributed by atoms with E-state index in [0.29, 0.717) is 58.0 Å². The highest BCUT2D eigenvalue weighted by Gasteiger charge is 2.44. The van der Waals surface area contributed by atoms with Crippen molar-refractivity contribution in [3.05, 3.63) is 85.5 Å². The van der Waals surface area contributed by atoms with E-state index in [2.05, 4.69) is 52.4 Å². The molecule has 2 N–H and O–H groups in total. The smallest absolute Gasteiger partial charge is 0.236 e. The zero-order valence-electron chi connectivity index (χ0n) is 27.7. The predicted octanol–water partition coefficient (Wildman–Crippen LogP) is 4.49. The molecular weight excluding hydrogens is 618 g/mol. The van der Waals surface area contributed by atoms with Crippen LogP contribution in [-0.2, 0) is 14.3 Å². The number of benzene rings is 2. The largest absolute Gasteiger partial charge is 0.385 e. The normalized spacial score (nSPS) is 18.2. The lowest BCUT2D eigenvalue weighted by molar-refractivity contribution is -0.133. The van der Waals surface area contributed by atoms with Crippen molar-refractivity contribution in [3.8, 4) is 22.6 Å². The first-order valence-electron chi connectivity index (χ1n) is 16.8. The summed E-state index contributed by atoms with van der Waals surface area (Å²) >= 11 is 0. The summed E-state index contributed by atoms with van der Waals surface area (Å²) in [5.41, 5.74) is 4.85. The Bertz CT molecular complexity index is 1880. The van der Waals surface area contributed by atoms with Crippen LogP contribution in [0.5, 0.6) is 0 Å². The van der Waals surface area contributed by atoms with E-state index in [9.17, 15) is 9.59 Å². The molecule has 0 aliphatic carbocycles. The summed E-state index contributed by atoms with van der Waals surface area (Å²) in [6.45, 7) is 4.96. The maximum Gasteiger partial charge on any atom is 0.236 e. The van der Waals surface area contributed by atoms with Crippen molar-refractivity contribution in [3.63, 3.8) is 0 Å². The van der Waals surface area contributed by atoms with E-state index in [1.165, 1.54) is 0 Å². The highest BCUT2D eigenvalue weighted by molar-refractivity contribution is 6.00. The van der Waals surface area contributed by atoms with Crippen molar-refractivity contribution in [1.29, 1.82) is 0 Å². The van der Waals surface area contributed by atoms with Crippen molar-refractivity contribution in [2.45, 2.75) is 19.3 Å². The molecule has 12 heteroatoms. The fraction of sp³-hybridized carbons (Fsp3) is 0.351. The number of H-pyrrole nitrogens is 1. The lowest BCUT2D eigenvalue weighted by Gasteiger charge is -2.37. The molecule has 5 aromatic rings. The number of hydrogen-bond donors (Lipinski definition) is 2. The van der Waals surface area contributed by atoms with E-state index in [1.807, 2.05) is 53.4 Å². The van der Waals surface area contributed by atoms with Crippen molar-refractivity contribution < 1.29 is 14.3 Å². The minimum Gasteiger partial charge on any atom is -0.385 e. The van der Waals surface area contributed by atoms with E-state index >= 15 is 0 Å². The SMILES string of the molecule is COCCCC1(C(=O)Nc2ccc3[nH]nc(-c4ccncc4)c3c2)CCN(CC(=O)N2CCN(c3ccc(-c4ncccn4)cc3)CC2)C1. The van der Waals surface area contributed by atoms with Gasteiger partial charge in [0, 0.05) is 99.1 Å². The monoisotopic (exact) mass is 659 g/mol. The van der Waals surface area contributed by atoms with Crippen LogP contribution < -0.4 is 10.2 Å². The molecule has 2 saturated heterocycles. The topological polar surface area (TPSA) is 132 Å². The maximum absolute atomic E-state index is 14.0. The zero-order chi connectivity index (χ0) is 33.6. The highest BCUT2D eigenvalue weighted by Crippen LogP contribution is 2.37. The van der Waals surface area contributed by atoms with E-state index in [4.69, 9.17) is 4.74 Å². The Morgan fingerprint density at radius 3 is 2.45 bits per heavy atom. The predicted molar refractivity (Wildman–Crippen MR) is 189 cm³/mol. The number of ether oxygens (including phenoxy) is 1. The second-order valence-corrected chi connectivity index (χ2v) is 12.8. The molecule has 1 unspecified atom stereocenters. The molecule has 0 bridgehead atoms. The molecule has 2 aliphatic heterocycles. The van der Waals surface area contributed by atoms with Crippen LogP contribution in [0.3, 0.4) is 0 Å². The Morgan fingerprint density at radius 2 is 1.69 bits per heavy atom. The summed E-state index contributed by atoms with van der Waals surface area (Å²) in [6, 6.07) is 19.7. The number of anilines is 2. The summed E-state index contributed by atoms with van der Waals surface area (Å²) in [6.07, 6.45) is 9.10. The summed E-state index contributed by atoms with van der Waals surface area (Å²) in [5, 5.41) is 11.7. The fourth-order valence-corrected chi connectivity index (χ4v) is 7.01. The lowest BCUT2D eigenvalue weighted by atomic mass is 9.81. The van der Waals surface area contributed by atoms with Gasteiger partial charge in [-0.2, -0.15) is 5.10 Å². The van der Waals surface area contributed by atoms with Gasteiger partial charge in [0.05, 0.1) is 17.5 Å². The summed E-state index contributed by atoms with van der Waals surface area (Å²) in [5.74, 6) is 0.793. The van der Waals surface area contributed by atoms with Gasteiger partial charge >= 0.3 is 0 Å². The molecule has 5 heterocycles. The number of pyridine rings is 1. The molecule has 0 saturated carbocycles. The van der Waals surface area contributed by atoms with Crippen LogP contribution >= 0.6 is 0 Å². The van der Waals surface area contributed by atoms with Gasteiger partial charge in [0.15, 0.2) is 5.82 Å². The highest BCUT2D eigenvalue weighted by atomic mass is 16.5. The van der Waals surface area contributed by atoms with Gasteiger partial charge in [-0.1, -0.05) is 0 Å². The minimum absolute atomic E-state index is 0.0229. The first-order valence-corrected chi connectivity index (χ1v) is 16.8. The minimum atomic E-state index is -0.617. The molecule has 2 aliphatic rings. The molecule has 0 spiro atoms. The third kappa shape index (κ3) is 7.15. The summed E-state index contributed by atoms with van der Waals surface area (Å²) in [4.78, 5) is 46.7. The molecule has 1 atom stereocenters. The third-order valence-corrected chi connectivity index (χ3v) is 9.74. The Kier molecular flexibility index (Phi) is 9.58. The van der Waals surface area contributed by atoms with Crippen LogP contribution in [0.15, 0.2) is 85.5 Å². The Labute approximate surface area is 285 Å². The number of nitrogens with one attached hydrogen (secondary N) is 2. The summed E-state index contributed by atoms with van der Waals surface area (Å²) < 4.78 is 5.35. The van der Waals surface area contributed by atoms with Gasteiger partial charge in [0.2, 0.25) is 11.8 Å². The molecule has 0 radical (unpaired) electrons. The number of amides is 2. The third-order valence-electron chi connectivity index (χ3n) is 9.74. The van der Waals surface area contributed by atoms with Crippen LogP contribution in [0.2, 0.25) is 0 Å². The number of fused-ring (bicyclic) bond motifs is 1. The molecule has 12 nitrogen and oxygen atoms in total. The Hall–Kier alpha value is -5.20. The number of likely N-dealkylation sites (tertiary alicyclic amines) is 1. The second-order valence-electron chi connectivity index (χ2n) is 12.8. The van der Waals surface area contributed by atoms with Gasteiger partial charge in [-0.15, -0.1) is 0 Å². The van der Waals surface area contributed by atoms with Crippen LogP contribution in [0.4, 0.5) is 11.4 Å². The van der Waals surface area contributed by atoms with Gasteiger partial charge in [-0.05, 0) is 86.5 Å². The average molecular weight is 660 g/mol. The van der Waals surface area contributed by atoms with E-state index in [-0.39, 0.29) is 11.8 Å². The molecular formula is C37H41N9O3. The molecule has 7 rings (SSSR count). The van der Waals surface area contributed by atoms with Gasteiger partial charge in [0.25, 0.3) is 0 Å². The van der Waals surface area contributed by atoms with Gasteiger partial charge in [0.1, 0.15) is 5.69 Å². The van der Waals surface area contributed by atoms with Gasteiger partial charge in [-0.25, -0.2) is 9.97 Å². The Balaban J connectivity index is 0.968. The van der Waals surface area contributed by atoms with E-state index in [0.717, 1.165) is 58.6 Å². The second kappa shape index (κ2) is 14.5. The molecule has 49 heavy (non-hydrogen) atoms. The van der Waals surface area contributed by atoms with Gasteiger partial charge < -0.3 is 19.9 Å². The van der Waals surface area contributed by atoms with Crippen molar-refractivity contribution in [1.82, 2.24) is 34.9 Å². The summed E-state index contributed by atoms with van der Waals surface area (Å²) in [7, 11) is 1.68. The quantitative estimate of drug-likeness (QED) is 0.197. The number of carbonyl (C=O) groups excluding carboxylic acids is 2. The standard InChI is InChI=1S/C37H41N9O3/c1-49-23-2-12-37(36(48)41-29-6-9-32-31(24-29)34(43-42-32)27-10-16-38-17-11-27)13-18-44(26-37)25-33(47)46-21-19-45(20-22-46)30-7-4-28(5-8-30)35-39-14-3-15-40-35/h3-11,14-17,24H,2,12-13,18-23,25-26H2,1H3,(H,41,48)(H,42,43). The average Bonchev–Trinajstić information content (AvgIpc) is 3.77. The van der Waals surface area contributed by atoms with Crippen LogP contribution in [-0.4, -0.2) is 106 Å². The number of carbonyl (C=O) groups is 2. The molecule has 3 aromatic heterocycles. The molecule has 252 valence electrons. The van der Waals surface area contributed by atoms with Crippen LogP contribution in [0.25, 0.3) is 33.5 Å². The number of piperazine rings is 1. The van der Waals surface area contributed by atoms with Crippen molar-refractivity contribution in [2.24, 2.45) is 5.41 Å². The van der Waals surface area contributed by atoms with E-state index in [1.54, 1.807) is 31.9 Å². The zero-order valence-corrected chi connectivity index (χ0v) is 27.7. The molecule has 2 aromatic carbocycles. The number of rotatable bonds is 11. The maximum atomic E-state index is 14.0. The van der Waals surface area contributed by atoms with Crippen molar-refractivity contribution >= 4 is 34.1 Å². The fourth-order valence-electron chi connectivity index (χ4n) is 7.01. The van der Waals surface area contributed by atoms with E-state index < -0.39 is 5.41 Å². The van der Waals surface area contributed by atoms with Crippen molar-refractivity contribution in [2.75, 3.05) is 69.7 Å². The molecule has 2 fully saturated rings. The lowest BCUT2D eigenvalue weighted by Crippen LogP contribution is -2.51.